The number of allylic oxidation sites excluding steroid dienone is 1. The first kappa shape index (κ1) is 16.3. The molecule has 122 valence electrons. The molecule has 0 spiro atoms. The molecule has 1 aliphatic heterocycles. The standard InChI is InChI=1S/C22H24N2/c1-3-13-22(2)14-15-24(20-11-9-19(17-23)10-12-20)21(22)16-18-7-5-4-6-8-18/h3-12,21H,1,13-16H2,2H3. The van der Waals surface area contributed by atoms with Crippen LogP contribution in [0.4, 0.5) is 5.69 Å². The van der Waals surface area contributed by atoms with E-state index in [1.54, 1.807) is 0 Å². The largest absolute Gasteiger partial charge is 0.368 e. The zero-order valence-corrected chi connectivity index (χ0v) is 14.3. The molecule has 1 heterocycles. The first-order valence-electron chi connectivity index (χ1n) is 8.58. The molecular formula is C22H24N2. The molecule has 0 amide bonds. The van der Waals surface area contributed by atoms with Gasteiger partial charge in [0, 0.05) is 18.3 Å². The van der Waals surface area contributed by atoms with Crippen LogP contribution >= 0.6 is 0 Å². The fourth-order valence-electron chi connectivity index (χ4n) is 3.87. The number of nitriles is 1. The second kappa shape index (κ2) is 6.93. The van der Waals surface area contributed by atoms with Crippen molar-refractivity contribution in [2.24, 2.45) is 5.41 Å². The smallest absolute Gasteiger partial charge is 0.0991 e. The van der Waals surface area contributed by atoms with Gasteiger partial charge in [0.15, 0.2) is 0 Å². The van der Waals surface area contributed by atoms with Crippen molar-refractivity contribution in [3.05, 3.63) is 78.4 Å². The van der Waals surface area contributed by atoms with Crippen LogP contribution in [0.2, 0.25) is 0 Å². The highest BCUT2D eigenvalue weighted by Crippen LogP contribution is 2.43. The first-order chi connectivity index (χ1) is 11.7. The molecule has 1 fully saturated rings. The monoisotopic (exact) mass is 316 g/mol. The average Bonchev–Trinajstić information content (AvgIpc) is 2.93. The van der Waals surface area contributed by atoms with Gasteiger partial charge >= 0.3 is 0 Å². The minimum atomic E-state index is 0.228. The molecule has 3 rings (SSSR count). The zero-order valence-electron chi connectivity index (χ0n) is 14.3. The molecule has 2 aromatic carbocycles. The molecule has 2 unspecified atom stereocenters. The third-order valence-electron chi connectivity index (χ3n) is 5.32. The Morgan fingerprint density at radius 3 is 2.54 bits per heavy atom. The lowest BCUT2D eigenvalue weighted by Gasteiger charge is -2.36. The Hall–Kier alpha value is -2.53. The lowest BCUT2D eigenvalue weighted by atomic mass is 9.77. The molecule has 2 aromatic rings. The second-order valence-electron chi connectivity index (χ2n) is 6.95. The third-order valence-corrected chi connectivity index (χ3v) is 5.32. The van der Waals surface area contributed by atoms with E-state index in [1.165, 1.54) is 11.3 Å². The van der Waals surface area contributed by atoms with Crippen molar-refractivity contribution in [3.63, 3.8) is 0 Å². The molecule has 1 aliphatic rings. The summed E-state index contributed by atoms with van der Waals surface area (Å²) < 4.78 is 0. The van der Waals surface area contributed by atoms with E-state index in [2.05, 4.69) is 73.0 Å². The van der Waals surface area contributed by atoms with Gasteiger partial charge in [-0.2, -0.15) is 5.26 Å². The highest BCUT2D eigenvalue weighted by molar-refractivity contribution is 5.52. The maximum atomic E-state index is 9.02. The predicted octanol–water partition coefficient (Wildman–Crippen LogP) is 4.96. The Morgan fingerprint density at radius 1 is 1.21 bits per heavy atom. The van der Waals surface area contributed by atoms with E-state index in [9.17, 15) is 0 Å². The molecule has 0 radical (unpaired) electrons. The van der Waals surface area contributed by atoms with Crippen LogP contribution in [0.25, 0.3) is 0 Å². The first-order valence-corrected chi connectivity index (χ1v) is 8.58. The summed E-state index contributed by atoms with van der Waals surface area (Å²) in [5.74, 6) is 0. The average molecular weight is 316 g/mol. The minimum Gasteiger partial charge on any atom is -0.368 e. The van der Waals surface area contributed by atoms with E-state index in [-0.39, 0.29) is 5.41 Å². The number of hydrogen-bond donors (Lipinski definition) is 0. The Labute approximate surface area is 145 Å². The van der Waals surface area contributed by atoms with Gasteiger partial charge in [-0.1, -0.05) is 43.3 Å². The van der Waals surface area contributed by atoms with Crippen molar-refractivity contribution in [2.75, 3.05) is 11.4 Å². The molecule has 0 aromatic heterocycles. The molecule has 0 saturated carbocycles. The van der Waals surface area contributed by atoms with Crippen molar-refractivity contribution in [3.8, 4) is 6.07 Å². The third kappa shape index (κ3) is 3.21. The normalized spacial score (nSPS) is 23.0. The van der Waals surface area contributed by atoms with Crippen molar-refractivity contribution in [1.29, 1.82) is 5.26 Å². The summed E-state index contributed by atoms with van der Waals surface area (Å²) in [5.41, 5.74) is 3.53. The molecule has 2 atom stereocenters. The molecule has 2 heteroatoms. The highest BCUT2D eigenvalue weighted by Gasteiger charge is 2.42. The van der Waals surface area contributed by atoms with E-state index >= 15 is 0 Å². The van der Waals surface area contributed by atoms with Gasteiger partial charge in [0.25, 0.3) is 0 Å². The maximum absolute atomic E-state index is 9.02. The zero-order chi connectivity index (χ0) is 17.0. The molecule has 0 aliphatic carbocycles. The Morgan fingerprint density at radius 2 is 1.92 bits per heavy atom. The van der Waals surface area contributed by atoms with Gasteiger partial charge in [0.1, 0.15) is 0 Å². The summed E-state index contributed by atoms with van der Waals surface area (Å²) in [6.07, 6.45) is 5.28. The van der Waals surface area contributed by atoms with Crippen LogP contribution in [-0.4, -0.2) is 12.6 Å². The summed E-state index contributed by atoms with van der Waals surface area (Å²) in [4.78, 5) is 2.51. The van der Waals surface area contributed by atoms with E-state index in [4.69, 9.17) is 5.26 Å². The Bertz CT molecular complexity index is 727. The van der Waals surface area contributed by atoms with E-state index in [0.29, 0.717) is 11.6 Å². The van der Waals surface area contributed by atoms with Crippen LogP contribution in [0.15, 0.2) is 67.3 Å². The van der Waals surface area contributed by atoms with E-state index in [0.717, 1.165) is 25.8 Å². The van der Waals surface area contributed by atoms with Gasteiger partial charge in [0.05, 0.1) is 11.6 Å². The van der Waals surface area contributed by atoms with Gasteiger partial charge in [-0.3, -0.25) is 0 Å². The fourth-order valence-corrected chi connectivity index (χ4v) is 3.87. The molecule has 24 heavy (non-hydrogen) atoms. The Balaban J connectivity index is 1.91. The summed E-state index contributed by atoms with van der Waals surface area (Å²) in [6.45, 7) is 7.41. The Kier molecular flexibility index (Phi) is 4.71. The number of anilines is 1. The molecule has 0 N–H and O–H groups in total. The van der Waals surface area contributed by atoms with Gasteiger partial charge in [0.2, 0.25) is 0 Å². The molecule has 2 nitrogen and oxygen atoms in total. The van der Waals surface area contributed by atoms with Crippen molar-refractivity contribution in [2.45, 2.75) is 32.2 Å². The van der Waals surface area contributed by atoms with Crippen molar-refractivity contribution >= 4 is 5.69 Å². The van der Waals surface area contributed by atoms with Gasteiger partial charge in [-0.15, -0.1) is 6.58 Å². The maximum Gasteiger partial charge on any atom is 0.0991 e. The van der Waals surface area contributed by atoms with Crippen LogP contribution in [0.3, 0.4) is 0 Å². The van der Waals surface area contributed by atoms with Gasteiger partial charge in [-0.25, -0.2) is 0 Å². The quantitative estimate of drug-likeness (QED) is 0.729. The van der Waals surface area contributed by atoms with Crippen LogP contribution in [0, 0.1) is 16.7 Å². The van der Waals surface area contributed by atoms with Crippen molar-refractivity contribution < 1.29 is 0 Å². The molecule has 1 saturated heterocycles. The summed E-state index contributed by atoms with van der Waals surface area (Å²) in [5, 5.41) is 9.02. The van der Waals surface area contributed by atoms with Crippen LogP contribution in [-0.2, 0) is 6.42 Å². The fraction of sp³-hybridized carbons (Fsp3) is 0.318. The predicted molar refractivity (Wildman–Crippen MR) is 100.0 cm³/mol. The lowest BCUT2D eigenvalue weighted by Crippen LogP contribution is -2.40. The van der Waals surface area contributed by atoms with Crippen LogP contribution in [0.5, 0.6) is 0 Å². The molecular weight excluding hydrogens is 292 g/mol. The number of nitrogens with zero attached hydrogens (tertiary/aromatic N) is 2. The number of hydrogen-bond acceptors (Lipinski definition) is 2. The second-order valence-corrected chi connectivity index (χ2v) is 6.95. The number of rotatable bonds is 5. The minimum absolute atomic E-state index is 0.228. The number of benzene rings is 2. The van der Waals surface area contributed by atoms with E-state index in [1.807, 2.05) is 12.1 Å². The summed E-state index contributed by atoms with van der Waals surface area (Å²) in [7, 11) is 0. The van der Waals surface area contributed by atoms with Gasteiger partial charge in [-0.05, 0) is 54.5 Å². The van der Waals surface area contributed by atoms with Crippen molar-refractivity contribution in [1.82, 2.24) is 0 Å². The van der Waals surface area contributed by atoms with Gasteiger partial charge < -0.3 is 4.90 Å². The summed E-state index contributed by atoms with van der Waals surface area (Å²) in [6, 6.07) is 21.3. The van der Waals surface area contributed by atoms with Crippen LogP contribution < -0.4 is 4.90 Å². The summed E-state index contributed by atoms with van der Waals surface area (Å²) >= 11 is 0. The molecule has 0 bridgehead atoms. The van der Waals surface area contributed by atoms with E-state index < -0.39 is 0 Å². The van der Waals surface area contributed by atoms with Crippen LogP contribution in [0.1, 0.15) is 30.9 Å². The highest BCUT2D eigenvalue weighted by atomic mass is 15.2. The lowest BCUT2D eigenvalue weighted by molar-refractivity contribution is 0.293. The topological polar surface area (TPSA) is 27.0 Å². The SMILES string of the molecule is C=CCC1(C)CCN(c2ccc(C#N)cc2)C1Cc1ccccc1.